The quantitative estimate of drug-likeness (QED) is 0.729. The zero-order valence-electron chi connectivity index (χ0n) is 14.2. The number of rotatable bonds is 4. The van der Waals surface area contributed by atoms with Crippen molar-refractivity contribution >= 4 is 17.0 Å². The minimum absolute atomic E-state index is 0.419. The van der Waals surface area contributed by atoms with Crippen LogP contribution in [0.1, 0.15) is 32.7 Å². The topological polar surface area (TPSA) is 96.7 Å². The normalized spacial score (nSPS) is 12.5. The molecule has 0 saturated heterocycles. The average Bonchev–Trinajstić information content (AvgIpc) is 3.24. The Kier molecular flexibility index (Phi) is 5.96. The van der Waals surface area contributed by atoms with Gasteiger partial charge in [-0.3, -0.25) is 4.68 Å². The molecule has 3 aromatic rings. The first-order valence-corrected chi connectivity index (χ1v) is 7.86. The van der Waals surface area contributed by atoms with E-state index in [1.54, 1.807) is 6.33 Å². The number of hydrogen-bond donors (Lipinski definition) is 2. The first-order chi connectivity index (χ1) is 12.2. The number of aliphatic carboxylic acids is 1. The number of alkyl halides is 3. The van der Waals surface area contributed by atoms with Crippen LogP contribution in [0.3, 0.4) is 0 Å². The zero-order valence-corrected chi connectivity index (χ0v) is 14.2. The zero-order chi connectivity index (χ0) is 19.3. The Morgan fingerprint density at radius 3 is 2.69 bits per heavy atom. The van der Waals surface area contributed by atoms with Gasteiger partial charge in [-0.2, -0.15) is 18.3 Å². The van der Waals surface area contributed by atoms with Gasteiger partial charge < -0.3 is 10.1 Å². The van der Waals surface area contributed by atoms with Gasteiger partial charge in [0.1, 0.15) is 12.0 Å². The van der Waals surface area contributed by atoms with Crippen LogP contribution in [0, 0.1) is 0 Å². The molecule has 10 heteroatoms. The maximum Gasteiger partial charge on any atom is 0.490 e. The second kappa shape index (κ2) is 7.98. The van der Waals surface area contributed by atoms with Crippen molar-refractivity contribution in [3.8, 4) is 11.3 Å². The molecule has 0 radical (unpaired) electrons. The Bertz CT molecular complexity index is 872. The number of halogens is 3. The third-order valence-electron chi connectivity index (χ3n) is 3.63. The number of nitrogens with zero attached hydrogens (tertiary/aromatic N) is 4. The highest BCUT2D eigenvalue weighted by Crippen LogP contribution is 2.25. The van der Waals surface area contributed by atoms with E-state index in [9.17, 15) is 13.2 Å². The van der Waals surface area contributed by atoms with Gasteiger partial charge in [0.2, 0.25) is 0 Å². The van der Waals surface area contributed by atoms with Crippen molar-refractivity contribution in [2.45, 2.75) is 38.9 Å². The lowest BCUT2D eigenvalue weighted by Crippen LogP contribution is -2.21. The van der Waals surface area contributed by atoms with E-state index in [2.05, 4.69) is 40.1 Å². The van der Waals surface area contributed by atoms with Gasteiger partial charge in [0.15, 0.2) is 0 Å². The van der Waals surface area contributed by atoms with Crippen LogP contribution in [0.2, 0.25) is 0 Å². The SMILES string of the molecule is CCC[C@H](C)n1cc(-c2ncnc3[nH]ccc23)cn1.O=C(O)C(F)(F)F. The molecule has 2 N–H and O–H groups in total. The van der Waals surface area contributed by atoms with E-state index in [-0.39, 0.29) is 0 Å². The summed E-state index contributed by atoms with van der Waals surface area (Å²) in [6, 6.07) is 2.42. The summed E-state index contributed by atoms with van der Waals surface area (Å²) in [6.07, 6.45) is 4.61. The number of carboxylic acid groups (broad SMARTS) is 1. The van der Waals surface area contributed by atoms with Gasteiger partial charge >= 0.3 is 12.1 Å². The van der Waals surface area contributed by atoms with Crippen molar-refractivity contribution in [2.24, 2.45) is 0 Å². The third kappa shape index (κ3) is 4.58. The Morgan fingerprint density at radius 2 is 2.08 bits per heavy atom. The van der Waals surface area contributed by atoms with E-state index in [1.807, 2.05) is 23.1 Å². The molecule has 1 atom stereocenters. The summed E-state index contributed by atoms with van der Waals surface area (Å²) >= 11 is 0. The van der Waals surface area contributed by atoms with Crippen molar-refractivity contribution in [3.63, 3.8) is 0 Å². The smallest absolute Gasteiger partial charge is 0.475 e. The van der Waals surface area contributed by atoms with Gasteiger partial charge in [0.05, 0.1) is 11.9 Å². The number of nitrogens with one attached hydrogen (secondary N) is 1. The summed E-state index contributed by atoms with van der Waals surface area (Å²) in [5.74, 6) is -2.76. The monoisotopic (exact) mass is 369 g/mol. The highest BCUT2D eigenvalue weighted by molar-refractivity contribution is 5.89. The number of aromatic amines is 1. The van der Waals surface area contributed by atoms with E-state index in [0.29, 0.717) is 6.04 Å². The second-order valence-electron chi connectivity index (χ2n) is 5.61. The molecule has 0 unspecified atom stereocenters. The largest absolute Gasteiger partial charge is 0.490 e. The fraction of sp³-hybridized carbons (Fsp3) is 0.375. The molecular weight excluding hydrogens is 351 g/mol. The summed E-state index contributed by atoms with van der Waals surface area (Å²) in [7, 11) is 0. The fourth-order valence-corrected chi connectivity index (χ4v) is 2.35. The first kappa shape index (κ1) is 19.4. The van der Waals surface area contributed by atoms with Gasteiger partial charge in [0, 0.05) is 29.4 Å². The van der Waals surface area contributed by atoms with Crippen molar-refractivity contribution < 1.29 is 23.1 Å². The van der Waals surface area contributed by atoms with E-state index >= 15 is 0 Å². The van der Waals surface area contributed by atoms with Gasteiger partial charge in [-0.1, -0.05) is 13.3 Å². The molecule has 0 aromatic carbocycles. The molecule has 0 amide bonds. The summed E-state index contributed by atoms with van der Waals surface area (Å²) in [5.41, 5.74) is 2.83. The molecule has 0 spiro atoms. The fourth-order valence-electron chi connectivity index (χ4n) is 2.35. The lowest BCUT2D eigenvalue weighted by Gasteiger charge is -2.09. The molecule has 7 nitrogen and oxygen atoms in total. The van der Waals surface area contributed by atoms with E-state index in [4.69, 9.17) is 9.90 Å². The summed E-state index contributed by atoms with van der Waals surface area (Å²) in [5, 5.41) is 12.6. The highest BCUT2D eigenvalue weighted by atomic mass is 19.4. The molecule has 0 saturated carbocycles. The summed E-state index contributed by atoms with van der Waals surface area (Å²) in [4.78, 5) is 20.6. The summed E-state index contributed by atoms with van der Waals surface area (Å²) in [6.45, 7) is 4.38. The Balaban J connectivity index is 0.000000298. The first-order valence-electron chi connectivity index (χ1n) is 7.86. The summed E-state index contributed by atoms with van der Waals surface area (Å²) < 4.78 is 33.7. The molecule has 0 aliphatic heterocycles. The average molecular weight is 369 g/mol. The Morgan fingerprint density at radius 1 is 1.38 bits per heavy atom. The molecule has 0 aliphatic rings. The number of hydrogen-bond acceptors (Lipinski definition) is 4. The predicted octanol–water partition coefficient (Wildman–Crippen LogP) is 3.82. The van der Waals surface area contributed by atoms with Crippen molar-refractivity contribution in [2.75, 3.05) is 0 Å². The maximum absolute atomic E-state index is 10.6. The number of fused-ring (bicyclic) bond motifs is 1. The van der Waals surface area contributed by atoms with E-state index in [1.165, 1.54) is 0 Å². The van der Waals surface area contributed by atoms with Gasteiger partial charge in [-0.15, -0.1) is 0 Å². The molecular formula is C16H18F3N5O2. The van der Waals surface area contributed by atoms with E-state index in [0.717, 1.165) is 35.1 Å². The van der Waals surface area contributed by atoms with E-state index < -0.39 is 12.1 Å². The molecule has 3 heterocycles. The van der Waals surface area contributed by atoms with Crippen LogP contribution in [-0.4, -0.2) is 42.0 Å². The van der Waals surface area contributed by atoms with Crippen LogP contribution < -0.4 is 0 Å². The van der Waals surface area contributed by atoms with Crippen LogP contribution in [0.4, 0.5) is 13.2 Å². The lowest BCUT2D eigenvalue weighted by atomic mass is 10.2. The predicted molar refractivity (Wildman–Crippen MR) is 88.4 cm³/mol. The number of H-pyrrole nitrogens is 1. The molecule has 0 aliphatic carbocycles. The van der Waals surface area contributed by atoms with Crippen LogP contribution in [0.5, 0.6) is 0 Å². The minimum atomic E-state index is -5.08. The third-order valence-corrected chi connectivity index (χ3v) is 3.63. The molecule has 26 heavy (non-hydrogen) atoms. The van der Waals surface area contributed by atoms with Crippen molar-refractivity contribution in [3.05, 3.63) is 31.0 Å². The van der Waals surface area contributed by atoms with Crippen LogP contribution in [-0.2, 0) is 4.79 Å². The second-order valence-corrected chi connectivity index (χ2v) is 5.61. The standard InChI is InChI=1S/C14H17N5.C2HF3O2/c1-3-4-10(2)19-8-11(7-18-19)13-12-5-6-15-14(12)17-9-16-13;3-2(4,5)1(6)7/h5-10H,3-4H2,1-2H3,(H,15,16,17);(H,6,7)/t10-;/m0./s1. The van der Waals surface area contributed by atoms with Gasteiger partial charge in [0.25, 0.3) is 0 Å². The Hall–Kier alpha value is -2.91. The molecule has 3 aromatic heterocycles. The molecule has 140 valence electrons. The Labute approximate surface area is 146 Å². The van der Waals surface area contributed by atoms with Gasteiger partial charge in [-0.25, -0.2) is 14.8 Å². The number of aromatic nitrogens is 5. The van der Waals surface area contributed by atoms with Crippen LogP contribution >= 0.6 is 0 Å². The molecule has 0 bridgehead atoms. The minimum Gasteiger partial charge on any atom is -0.475 e. The number of carbonyl (C=O) groups is 1. The molecule has 0 fully saturated rings. The molecule has 3 rings (SSSR count). The van der Waals surface area contributed by atoms with Gasteiger partial charge in [-0.05, 0) is 19.4 Å². The number of carboxylic acids is 1. The van der Waals surface area contributed by atoms with Crippen molar-refractivity contribution in [1.29, 1.82) is 0 Å². The maximum atomic E-state index is 10.6. The van der Waals surface area contributed by atoms with Crippen LogP contribution in [0.25, 0.3) is 22.3 Å². The van der Waals surface area contributed by atoms with Crippen LogP contribution in [0.15, 0.2) is 31.0 Å². The van der Waals surface area contributed by atoms with Crippen molar-refractivity contribution in [1.82, 2.24) is 24.7 Å². The highest BCUT2D eigenvalue weighted by Gasteiger charge is 2.38. The lowest BCUT2D eigenvalue weighted by molar-refractivity contribution is -0.192.